The second-order valence-corrected chi connectivity index (χ2v) is 29.8. The third-order valence-electron chi connectivity index (χ3n) is 21.5. The summed E-state index contributed by atoms with van der Waals surface area (Å²) >= 11 is 0. The first kappa shape index (κ1) is 56.5. The number of aromatic nitrogens is 2. The zero-order chi connectivity index (χ0) is 63.9. The Bertz CT molecular complexity index is 6040. The van der Waals surface area contributed by atoms with Crippen LogP contribution in [-0.4, -0.2) is 8.80 Å². The van der Waals surface area contributed by atoms with Crippen molar-refractivity contribution in [3.05, 3.63) is 264 Å². The number of rotatable bonds is 9. The fourth-order valence-corrected chi connectivity index (χ4v) is 16.0. The Balaban J connectivity index is 0.849. The number of nitrogens with zero attached hydrogens (tertiary/aromatic N) is 2. The van der Waals surface area contributed by atoms with E-state index in [2.05, 4.69) is 322 Å². The lowest BCUT2D eigenvalue weighted by molar-refractivity contribution is 0.590. The highest BCUT2D eigenvalue weighted by Gasteiger charge is 2.25. The molecule has 454 valence electrons. The minimum Gasteiger partial charge on any atom is -0.308 e. The highest BCUT2D eigenvalue weighted by Crippen LogP contribution is 2.49. The highest BCUT2D eigenvalue weighted by atomic mass is 14.9. The molecule has 4 heterocycles. The van der Waals surface area contributed by atoms with Gasteiger partial charge in [-0.25, -0.2) is 0 Å². The molecule has 0 radical (unpaired) electrons. The van der Waals surface area contributed by atoms with Crippen molar-refractivity contribution in [2.75, 3.05) is 0 Å². The lowest BCUT2D eigenvalue weighted by Crippen LogP contribution is -2.10. The summed E-state index contributed by atoms with van der Waals surface area (Å²) in [5.41, 5.74) is 26.6. The molecular formula is C92H76N2. The zero-order valence-electron chi connectivity index (χ0n) is 55.7. The van der Waals surface area contributed by atoms with E-state index in [1.165, 1.54) is 203 Å². The Hall–Kier alpha value is -10.3. The van der Waals surface area contributed by atoms with E-state index in [0.717, 1.165) is 0 Å². The fraction of sp³-hybridized carbons (Fsp3) is 0.174. The van der Waals surface area contributed by atoms with E-state index in [1.807, 2.05) is 0 Å². The number of benzene rings is 14. The first-order chi connectivity index (χ1) is 45.4. The first-order valence-electron chi connectivity index (χ1n) is 34.2. The van der Waals surface area contributed by atoms with Crippen molar-refractivity contribution in [2.24, 2.45) is 0 Å². The molecule has 0 aliphatic heterocycles. The van der Waals surface area contributed by atoms with E-state index in [0.29, 0.717) is 23.7 Å². The van der Waals surface area contributed by atoms with Crippen molar-refractivity contribution >= 4 is 119 Å². The molecule has 94 heavy (non-hydrogen) atoms. The molecule has 0 spiro atoms. The fourth-order valence-electron chi connectivity index (χ4n) is 16.0. The third kappa shape index (κ3) is 8.75. The van der Waals surface area contributed by atoms with Crippen LogP contribution in [0, 0.1) is 0 Å². The molecule has 0 fully saturated rings. The van der Waals surface area contributed by atoms with Gasteiger partial charge in [0.25, 0.3) is 0 Å². The van der Waals surface area contributed by atoms with Crippen LogP contribution in [0.4, 0.5) is 0 Å². The van der Waals surface area contributed by atoms with Crippen LogP contribution in [-0.2, 0) is 5.41 Å². The molecule has 18 rings (SSSR count). The smallest absolute Gasteiger partial charge is 0.0620 e. The zero-order valence-corrected chi connectivity index (χ0v) is 55.7. The van der Waals surface area contributed by atoms with Gasteiger partial charge in [-0.2, -0.15) is 0 Å². The number of hydrogen-bond donors (Lipinski definition) is 0. The number of hydrogen-bond acceptors (Lipinski definition) is 0. The molecule has 0 aliphatic carbocycles. The van der Waals surface area contributed by atoms with Gasteiger partial charge >= 0.3 is 0 Å². The lowest BCUT2D eigenvalue weighted by atomic mass is 9.86. The quantitative estimate of drug-likeness (QED) is 0.136. The van der Waals surface area contributed by atoms with Gasteiger partial charge in [-0.1, -0.05) is 216 Å². The third-order valence-corrected chi connectivity index (χ3v) is 21.5. The van der Waals surface area contributed by atoms with Gasteiger partial charge in [0.2, 0.25) is 0 Å². The summed E-state index contributed by atoms with van der Waals surface area (Å²) in [6.45, 7) is 25.3. The Kier molecular flexibility index (Phi) is 12.4. The second kappa shape index (κ2) is 20.6. The largest absolute Gasteiger partial charge is 0.308 e. The first-order valence-corrected chi connectivity index (χ1v) is 34.2. The summed E-state index contributed by atoms with van der Waals surface area (Å²) in [5.74, 6) is 1.65. The highest BCUT2D eigenvalue weighted by molar-refractivity contribution is 6.29. The average molecular weight is 1210 g/mol. The predicted octanol–water partition coefficient (Wildman–Crippen LogP) is 26.7. The van der Waals surface area contributed by atoms with Crippen LogP contribution >= 0.6 is 0 Å². The van der Waals surface area contributed by atoms with Crippen LogP contribution in [0.2, 0.25) is 0 Å². The van der Waals surface area contributed by atoms with Crippen LogP contribution in [0.3, 0.4) is 0 Å². The van der Waals surface area contributed by atoms with Crippen molar-refractivity contribution in [1.82, 2.24) is 8.80 Å². The van der Waals surface area contributed by atoms with Crippen LogP contribution < -0.4 is 0 Å². The van der Waals surface area contributed by atoms with Gasteiger partial charge in [-0.3, -0.25) is 0 Å². The van der Waals surface area contributed by atoms with E-state index in [9.17, 15) is 0 Å². The van der Waals surface area contributed by atoms with Gasteiger partial charge in [0.05, 0.1) is 33.1 Å². The summed E-state index contributed by atoms with van der Waals surface area (Å²) in [7, 11) is 0. The van der Waals surface area contributed by atoms with Crippen LogP contribution in [0.5, 0.6) is 0 Å². The van der Waals surface area contributed by atoms with E-state index in [-0.39, 0.29) is 5.41 Å². The van der Waals surface area contributed by atoms with Crippen molar-refractivity contribution in [1.29, 1.82) is 0 Å². The van der Waals surface area contributed by atoms with E-state index < -0.39 is 0 Å². The molecular weight excluding hydrogens is 1130 g/mol. The molecule has 4 aromatic heterocycles. The lowest BCUT2D eigenvalue weighted by Gasteiger charge is -2.19. The SMILES string of the molecule is CC(C)c1ccc2cc3c(cc2c1)c1cc(-c2cc(-c4ccccc4)cc(-c4cccc(-c5cc(C(C)C)cc6cc7c8cc(-c9ccc(C(C)(C)C)cc9)cc9c%10cc%11cc(C(C)C)ccc%11cc%10n(c7cc56)c98)c4)c2)cc2c4cc5cc(C(C)C)ccc5cc4n3c12. The minimum absolute atomic E-state index is 0.0705. The van der Waals surface area contributed by atoms with Gasteiger partial charge in [0, 0.05) is 43.1 Å². The maximum atomic E-state index is 2.60. The number of fused-ring (bicyclic) bond motifs is 16. The molecule has 0 bridgehead atoms. The molecule has 0 atom stereocenters. The summed E-state index contributed by atoms with van der Waals surface area (Å²) < 4.78 is 5.17. The maximum absolute atomic E-state index is 2.60. The Morgan fingerprint density at radius 1 is 0.234 bits per heavy atom. The Labute approximate surface area is 550 Å². The molecule has 18 aromatic rings. The van der Waals surface area contributed by atoms with E-state index in [4.69, 9.17) is 0 Å². The molecule has 14 aromatic carbocycles. The van der Waals surface area contributed by atoms with Gasteiger partial charge in [-0.05, 0) is 253 Å². The van der Waals surface area contributed by atoms with Crippen LogP contribution in [0.25, 0.3) is 175 Å². The Morgan fingerprint density at radius 3 is 1.05 bits per heavy atom. The van der Waals surface area contributed by atoms with Gasteiger partial charge < -0.3 is 8.80 Å². The standard InChI is InChI=1S/C92H76N2/c1-51(2)57-20-23-61-47-86-79(40-70(61)31-57)84-44-73(45-85-80-41-71-32-58(52(3)4)21-24-62(71)48-87(80)93(86)90(84)85)68-36-66(55-16-13-12-14-17-55)35-67(37-68)60-18-15-19-64(33-60)76-38-65(54(7)8)34-74-46-81-83-43-72(56-26-28-75(29-27-56)92(9,10)11)42-82-78-39-69-30-59(53(5)6)22-25-63(69)49-88(78)94(91(82)83)89(81)50-77(74)76/h12-54H,1-11H3. The summed E-state index contributed by atoms with van der Waals surface area (Å²) in [6.07, 6.45) is 0. The minimum atomic E-state index is 0.0705. The maximum Gasteiger partial charge on any atom is 0.0620 e. The van der Waals surface area contributed by atoms with Crippen LogP contribution in [0.15, 0.2) is 237 Å². The molecule has 0 amide bonds. The molecule has 0 aliphatic rings. The average Bonchev–Trinajstić information content (AvgIpc) is 1.54. The van der Waals surface area contributed by atoms with Gasteiger partial charge in [0.1, 0.15) is 0 Å². The summed E-state index contributed by atoms with van der Waals surface area (Å²) in [6, 6.07) is 93.0. The van der Waals surface area contributed by atoms with E-state index >= 15 is 0 Å². The van der Waals surface area contributed by atoms with Crippen LogP contribution in [0.1, 0.15) is 128 Å². The molecule has 2 nitrogen and oxygen atoms in total. The van der Waals surface area contributed by atoms with Gasteiger partial charge in [-0.15, -0.1) is 0 Å². The summed E-state index contributed by atoms with van der Waals surface area (Å²) in [4.78, 5) is 0. The second-order valence-electron chi connectivity index (χ2n) is 29.8. The van der Waals surface area contributed by atoms with Gasteiger partial charge in [0.15, 0.2) is 0 Å². The van der Waals surface area contributed by atoms with Crippen molar-refractivity contribution in [2.45, 2.75) is 105 Å². The topological polar surface area (TPSA) is 8.82 Å². The molecule has 0 N–H and O–H groups in total. The molecule has 2 heteroatoms. The normalized spacial score (nSPS) is 12.8. The molecule has 0 unspecified atom stereocenters. The van der Waals surface area contributed by atoms with Crippen molar-refractivity contribution < 1.29 is 0 Å². The molecule has 0 saturated heterocycles. The monoisotopic (exact) mass is 1210 g/mol. The molecule has 0 saturated carbocycles. The van der Waals surface area contributed by atoms with E-state index in [1.54, 1.807) is 0 Å². The van der Waals surface area contributed by atoms with Crippen molar-refractivity contribution in [3.63, 3.8) is 0 Å². The summed E-state index contributed by atoms with van der Waals surface area (Å²) in [5, 5.41) is 20.5. The van der Waals surface area contributed by atoms with Crippen molar-refractivity contribution in [3.8, 4) is 55.6 Å². The predicted molar refractivity (Wildman–Crippen MR) is 408 cm³/mol. The Morgan fingerprint density at radius 2 is 0.596 bits per heavy atom.